The third kappa shape index (κ3) is 3.63. The van der Waals surface area contributed by atoms with E-state index < -0.39 is 23.5 Å². The highest BCUT2D eigenvalue weighted by Gasteiger charge is 2.46. The minimum Gasteiger partial charge on any atom is -0.503 e. The lowest BCUT2D eigenvalue weighted by Crippen LogP contribution is -2.30. The van der Waals surface area contributed by atoms with E-state index in [1.165, 1.54) is 22.3 Å². The Morgan fingerprint density at radius 2 is 1.94 bits per heavy atom. The molecule has 4 aromatic rings. The summed E-state index contributed by atoms with van der Waals surface area (Å²) < 4.78 is 6.42. The molecule has 8 heteroatoms. The second kappa shape index (κ2) is 8.17. The van der Waals surface area contributed by atoms with Gasteiger partial charge in [0, 0.05) is 5.02 Å². The van der Waals surface area contributed by atoms with Gasteiger partial charge in [-0.15, -0.1) is 0 Å². The van der Waals surface area contributed by atoms with Crippen LogP contribution >= 0.6 is 22.9 Å². The largest absolute Gasteiger partial charge is 0.503 e. The number of thiazole rings is 1. The zero-order chi connectivity index (χ0) is 23.3. The fourth-order valence-electron chi connectivity index (χ4n) is 3.96. The molecule has 0 aliphatic carbocycles. The third-order valence-corrected chi connectivity index (χ3v) is 6.93. The van der Waals surface area contributed by atoms with Crippen LogP contribution in [0, 0.1) is 6.92 Å². The minimum absolute atomic E-state index is 0.0508. The van der Waals surface area contributed by atoms with Crippen LogP contribution in [-0.4, -0.2) is 21.8 Å². The standard InChI is InChI=1S/C25H19ClN2O4S/c1-3-14-5-10-17-19(12-14)33-25(27-17)28-21(15-6-8-16(26)9-7-15)20(23(30)24(28)31)22(29)18-11-4-13(2)32-18/h4-12,21,30H,3H2,1-2H3. The van der Waals surface area contributed by atoms with Crippen molar-refractivity contribution in [2.45, 2.75) is 26.3 Å². The Morgan fingerprint density at radius 3 is 2.61 bits per heavy atom. The van der Waals surface area contributed by atoms with Gasteiger partial charge in [0.2, 0.25) is 5.78 Å². The molecule has 2 aromatic heterocycles. The highest BCUT2D eigenvalue weighted by atomic mass is 35.5. The highest BCUT2D eigenvalue weighted by Crippen LogP contribution is 2.44. The summed E-state index contributed by atoms with van der Waals surface area (Å²) in [5, 5.41) is 11.8. The zero-order valence-corrected chi connectivity index (χ0v) is 19.4. The van der Waals surface area contributed by atoms with Crippen molar-refractivity contribution >= 4 is 50.0 Å². The van der Waals surface area contributed by atoms with Crippen molar-refractivity contribution in [2.24, 2.45) is 0 Å². The number of hydrogen-bond donors (Lipinski definition) is 1. The maximum atomic E-state index is 13.4. The number of carbonyl (C=O) groups excluding carboxylic acids is 2. The van der Waals surface area contributed by atoms with Crippen molar-refractivity contribution in [1.82, 2.24) is 4.98 Å². The zero-order valence-electron chi connectivity index (χ0n) is 17.8. The first-order valence-electron chi connectivity index (χ1n) is 10.4. The number of rotatable bonds is 5. The molecule has 0 fully saturated rings. The van der Waals surface area contributed by atoms with Crippen LogP contribution in [0.3, 0.4) is 0 Å². The molecule has 1 atom stereocenters. The van der Waals surface area contributed by atoms with Gasteiger partial charge >= 0.3 is 0 Å². The maximum Gasteiger partial charge on any atom is 0.296 e. The Morgan fingerprint density at radius 1 is 1.18 bits per heavy atom. The molecule has 0 saturated carbocycles. The summed E-state index contributed by atoms with van der Waals surface area (Å²) >= 11 is 7.41. The first-order valence-corrected chi connectivity index (χ1v) is 11.6. The predicted molar refractivity (Wildman–Crippen MR) is 128 cm³/mol. The van der Waals surface area contributed by atoms with Gasteiger partial charge < -0.3 is 9.52 Å². The van der Waals surface area contributed by atoms with E-state index in [0.29, 0.717) is 21.5 Å². The number of aryl methyl sites for hydroxylation is 2. The number of hydrogen-bond acceptors (Lipinski definition) is 6. The van der Waals surface area contributed by atoms with Crippen LogP contribution in [-0.2, 0) is 11.2 Å². The van der Waals surface area contributed by atoms with Crippen LogP contribution in [0.1, 0.15) is 40.4 Å². The number of furan rings is 1. The first kappa shape index (κ1) is 21.4. The highest BCUT2D eigenvalue weighted by molar-refractivity contribution is 7.22. The van der Waals surface area contributed by atoms with Crippen LogP contribution < -0.4 is 4.90 Å². The molecule has 0 radical (unpaired) electrons. The quantitative estimate of drug-likeness (QED) is 0.345. The van der Waals surface area contributed by atoms with Gasteiger partial charge in [-0.1, -0.05) is 48.1 Å². The average molecular weight is 479 g/mol. The molecular weight excluding hydrogens is 460 g/mol. The Hall–Kier alpha value is -3.42. The second-order valence-corrected chi connectivity index (χ2v) is 9.23. The molecular formula is C25H19ClN2O4S. The summed E-state index contributed by atoms with van der Waals surface area (Å²) in [6.07, 6.45) is 0.878. The van der Waals surface area contributed by atoms with Crippen molar-refractivity contribution in [1.29, 1.82) is 0 Å². The molecule has 0 spiro atoms. The Balaban J connectivity index is 1.66. The van der Waals surface area contributed by atoms with Crippen molar-refractivity contribution < 1.29 is 19.1 Å². The van der Waals surface area contributed by atoms with Gasteiger partial charge in [0.15, 0.2) is 16.7 Å². The third-order valence-electron chi connectivity index (χ3n) is 5.66. The molecule has 1 aliphatic heterocycles. The second-order valence-electron chi connectivity index (χ2n) is 7.78. The van der Waals surface area contributed by atoms with Crippen molar-refractivity contribution in [3.63, 3.8) is 0 Å². The average Bonchev–Trinajstić information content (AvgIpc) is 3.49. The molecule has 33 heavy (non-hydrogen) atoms. The van der Waals surface area contributed by atoms with Crippen LogP contribution in [0.15, 0.2) is 70.3 Å². The van der Waals surface area contributed by atoms with Crippen LogP contribution in [0.5, 0.6) is 0 Å². The lowest BCUT2D eigenvalue weighted by atomic mass is 9.95. The molecule has 1 N–H and O–H groups in total. The fraction of sp³-hybridized carbons (Fsp3) is 0.160. The number of nitrogens with zero attached hydrogens (tertiary/aromatic N) is 2. The number of carbonyl (C=O) groups is 2. The number of aliphatic hydroxyl groups is 1. The van der Waals surface area contributed by atoms with E-state index in [4.69, 9.17) is 16.0 Å². The molecule has 2 aromatic carbocycles. The lowest BCUT2D eigenvalue weighted by molar-refractivity contribution is -0.117. The van der Waals surface area contributed by atoms with Crippen molar-refractivity contribution in [3.05, 3.63) is 93.6 Å². The molecule has 1 unspecified atom stereocenters. The number of aliphatic hydroxyl groups excluding tert-OH is 1. The lowest BCUT2D eigenvalue weighted by Gasteiger charge is -2.24. The topological polar surface area (TPSA) is 83.6 Å². The number of fused-ring (bicyclic) bond motifs is 1. The van der Waals surface area contributed by atoms with Gasteiger partial charge in [0.05, 0.1) is 21.8 Å². The van der Waals surface area contributed by atoms with Crippen molar-refractivity contribution in [3.8, 4) is 0 Å². The smallest absolute Gasteiger partial charge is 0.296 e. The van der Waals surface area contributed by atoms with Crippen LogP contribution in [0.25, 0.3) is 10.2 Å². The predicted octanol–water partition coefficient (Wildman–Crippen LogP) is 6.20. The van der Waals surface area contributed by atoms with Crippen molar-refractivity contribution in [2.75, 3.05) is 4.90 Å². The van der Waals surface area contributed by atoms with E-state index >= 15 is 0 Å². The van der Waals surface area contributed by atoms with E-state index in [2.05, 4.69) is 11.9 Å². The number of aromatic nitrogens is 1. The molecule has 0 bridgehead atoms. The molecule has 1 amide bonds. The number of amides is 1. The van der Waals surface area contributed by atoms with Gasteiger partial charge in [0.25, 0.3) is 5.91 Å². The maximum absolute atomic E-state index is 13.4. The van der Waals surface area contributed by atoms with Crippen LogP contribution in [0.4, 0.5) is 5.13 Å². The number of benzene rings is 2. The molecule has 6 nitrogen and oxygen atoms in total. The number of Topliss-reactive ketones (excluding diaryl/α,β-unsaturated/α-hetero) is 1. The summed E-state index contributed by atoms with van der Waals surface area (Å²) in [4.78, 5) is 32.7. The van der Waals surface area contributed by atoms with E-state index in [-0.39, 0.29) is 11.3 Å². The van der Waals surface area contributed by atoms with Gasteiger partial charge in [0.1, 0.15) is 5.76 Å². The van der Waals surface area contributed by atoms with E-state index in [1.807, 2.05) is 18.2 Å². The fourth-order valence-corrected chi connectivity index (χ4v) is 5.15. The monoisotopic (exact) mass is 478 g/mol. The molecule has 3 heterocycles. The Kier molecular flexibility index (Phi) is 5.31. The van der Waals surface area contributed by atoms with Gasteiger partial charge in [-0.3, -0.25) is 14.5 Å². The minimum atomic E-state index is -0.876. The van der Waals surface area contributed by atoms with E-state index in [1.54, 1.807) is 37.3 Å². The summed E-state index contributed by atoms with van der Waals surface area (Å²) in [5.41, 5.74) is 2.47. The molecule has 166 valence electrons. The molecule has 1 aliphatic rings. The summed E-state index contributed by atoms with van der Waals surface area (Å²) in [7, 11) is 0. The number of anilines is 1. The number of halogens is 1. The first-order chi connectivity index (χ1) is 15.9. The summed E-state index contributed by atoms with van der Waals surface area (Å²) in [6, 6.07) is 15.1. The summed E-state index contributed by atoms with van der Waals surface area (Å²) in [6.45, 7) is 3.79. The number of ketones is 1. The summed E-state index contributed by atoms with van der Waals surface area (Å²) in [5.74, 6) is -1.23. The normalized spacial score (nSPS) is 16.3. The van der Waals surface area contributed by atoms with Gasteiger partial charge in [-0.25, -0.2) is 4.98 Å². The Bertz CT molecular complexity index is 1430. The van der Waals surface area contributed by atoms with Crippen LogP contribution in [0.2, 0.25) is 5.02 Å². The van der Waals surface area contributed by atoms with E-state index in [9.17, 15) is 14.7 Å². The van der Waals surface area contributed by atoms with Gasteiger partial charge in [-0.05, 0) is 60.9 Å². The SMILES string of the molecule is CCc1ccc2nc(N3C(=O)C(O)=C(C(=O)c4ccc(C)o4)C3c3ccc(Cl)cc3)sc2c1. The Labute approximate surface area is 198 Å². The molecule has 0 saturated heterocycles. The van der Waals surface area contributed by atoms with Gasteiger partial charge in [-0.2, -0.15) is 0 Å². The van der Waals surface area contributed by atoms with E-state index in [0.717, 1.165) is 22.2 Å². The molecule has 5 rings (SSSR count).